The highest BCUT2D eigenvalue weighted by atomic mass is 32.3. The van der Waals surface area contributed by atoms with E-state index in [0.717, 1.165) is 0 Å². The molecule has 2 N–H and O–H groups in total. The monoisotopic (exact) mass is 236 g/mol. The van der Waals surface area contributed by atoms with E-state index in [-0.39, 0.29) is 12.4 Å². The fourth-order valence-electron chi connectivity index (χ4n) is 0.934. The largest absolute Gasteiger partial charge is 0.509 e. The fourth-order valence-corrected chi connectivity index (χ4v) is 2.05. The van der Waals surface area contributed by atoms with Crippen LogP contribution in [0.15, 0.2) is 0 Å². The van der Waals surface area contributed by atoms with Gasteiger partial charge in [-0.05, 0) is 6.92 Å². The maximum absolute atomic E-state index is 11.0. The van der Waals surface area contributed by atoms with Gasteiger partial charge in [0.2, 0.25) is 0 Å². The van der Waals surface area contributed by atoms with Gasteiger partial charge in [-0.15, -0.1) is 6.42 Å². The maximum atomic E-state index is 11.0. The second-order valence-corrected chi connectivity index (χ2v) is 4.76. The Bertz CT molecular complexity index is 283. The molecule has 0 aromatic heterocycles. The van der Waals surface area contributed by atoms with Crippen molar-refractivity contribution in [1.82, 2.24) is 0 Å². The highest BCUT2D eigenvalue weighted by Crippen LogP contribution is 2.45. The van der Waals surface area contributed by atoms with Crippen LogP contribution in [0, 0.1) is 12.3 Å². The molecule has 2 unspecified atom stereocenters. The lowest BCUT2D eigenvalue weighted by Crippen LogP contribution is -2.24. The Morgan fingerprint density at radius 2 is 2.40 bits per heavy atom. The van der Waals surface area contributed by atoms with Gasteiger partial charge in [0.25, 0.3) is 0 Å². The van der Waals surface area contributed by atoms with E-state index in [1.165, 1.54) is 6.92 Å². The molecule has 86 valence electrons. The van der Waals surface area contributed by atoms with Crippen molar-refractivity contribution in [3.05, 3.63) is 0 Å². The molecule has 2 atom stereocenters. The third-order valence-corrected chi connectivity index (χ3v) is 2.94. The van der Waals surface area contributed by atoms with Crippen molar-refractivity contribution in [1.29, 1.82) is 0 Å². The third kappa shape index (κ3) is 3.97. The molecule has 0 amide bonds. The first-order valence-electron chi connectivity index (χ1n) is 4.16. The van der Waals surface area contributed by atoms with E-state index in [1.807, 2.05) is 0 Å². The summed E-state index contributed by atoms with van der Waals surface area (Å²) in [6, 6.07) is 0. The Kier molecular flexibility index (Phi) is 3.82. The van der Waals surface area contributed by atoms with Crippen LogP contribution < -0.4 is 0 Å². The molecule has 6 nitrogen and oxygen atoms in total. The lowest BCUT2D eigenvalue weighted by molar-refractivity contribution is 0.0150. The predicted molar refractivity (Wildman–Crippen MR) is 53.3 cm³/mol. The van der Waals surface area contributed by atoms with Crippen LogP contribution in [0.25, 0.3) is 0 Å². The van der Waals surface area contributed by atoms with E-state index >= 15 is 0 Å². The van der Waals surface area contributed by atoms with Crippen LogP contribution in [-0.2, 0) is 13.7 Å². The summed E-state index contributed by atoms with van der Waals surface area (Å²) in [6.07, 6.45) is 2.67. The van der Waals surface area contributed by atoms with Crippen LogP contribution in [-0.4, -0.2) is 39.8 Å². The van der Waals surface area contributed by atoms with Gasteiger partial charge in [0.05, 0.1) is 16.6 Å². The SMILES string of the molecule is C#CC(C)OC(=O)OC1COS(O)(O)C1. The predicted octanol–water partition coefficient (Wildman–Crippen LogP) is 1.23. The summed E-state index contributed by atoms with van der Waals surface area (Å²) < 4.78 is 32.1. The first-order valence-corrected chi connectivity index (χ1v) is 5.81. The highest BCUT2D eigenvalue weighted by molar-refractivity contribution is 8.20. The Balaban J connectivity index is 2.32. The van der Waals surface area contributed by atoms with Gasteiger partial charge in [0.15, 0.2) is 6.10 Å². The summed E-state index contributed by atoms with van der Waals surface area (Å²) in [6.45, 7) is 1.46. The fraction of sp³-hybridized carbons (Fsp3) is 0.625. The van der Waals surface area contributed by atoms with Crippen molar-refractivity contribution in [2.75, 3.05) is 12.4 Å². The average molecular weight is 236 g/mol. The van der Waals surface area contributed by atoms with E-state index < -0.39 is 29.2 Å². The number of carbonyl (C=O) groups excluding carboxylic acids is 1. The van der Waals surface area contributed by atoms with Gasteiger partial charge in [-0.1, -0.05) is 5.92 Å². The van der Waals surface area contributed by atoms with Crippen LogP contribution in [0.5, 0.6) is 0 Å². The van der Waals surface area contributed by atoms with Gasteiger partial charge < -0.3 is 18.6 Å². The van der Waals surface area contributed by atoms with Crippen LogP contribution in [0.4, 0.5) is 4.79 Å². The van der Waals surface area contributed by atoms with Crippen LogP contribution in [0.1, 0.15) is 6.92 Å². The van der Waals surface area contributed by atoms with Crippen LogP contribution >= 0.6 is 10.9 Å². The molecular weight excluding hydrogens is 224 g/mol. The van der Waals surface area contributed by atoms with Gasteiger partial charge in [-0.25, -0.2) is 4.79 Å². The minimum Gasteiger partial charge on any atom is -0.427 e. The molecule has 1 saturated heterocycles. The zero-order valence-corrected chi connectivity index (χ0v) is 8.90. The van der Waals surface area contributed by atoms with Gasteiger partial charge in [-0.2, -0.15) is 0 Å². The van der Waals surface area contributed by atoms with E-state index in [4.69, 9.17) is 20.3 Å². The van der Waals surface area contributed by atoms with Crippen molar-refractivity contribution in [3.8, 4) is 12.3 Å². The molecule has 0 aromatic rings. The molecule has 0 aliphatic carbocycles. The minimum atomic E-state index is -3.05. The van der Waals surface area contributed by atoms with Crippen molar-refractivity contribution >= 4 is 17.0 Å². The van der Waals surface area contributed by atoms with Crippen molar-refractivity contribution in [3.63, 3.8) is 0 Å². The molecule has 1 fully saturated rings. The lowest BCUT2D eigenvalue weighted by atomic mass is 10.4. The molecule has 0 aromatic carbocycles. The number of ether oxygens (including phenoxy) is 2. The molecule has 0 radical (unpaired) electrons. The molecule has 0 saturated carbocycles. The van der Waals surface area contributed by atoms with Gasteiger partial charge >= 0.3 is 6.16 Å². The van der Waals surface area contributed by atoms with Crippen molar-refractivity contribution < 1.29 is 27.6 Å². The molecular formula is C8H12O6S. The van der Waals surface area contributed by atoms with Gasteiger partial charge in [-0.3, -0.25) is 4.18 Å². The van der Waals surface area contributed by atoms with Crippen molar-refractivity contribution in [2.24, 2.45) is 0 Å². The minimum absolute atomic E-state index is 0.0537. The smallest absolute Gasteiger partial charge is 0.427 e. The Hall–Kier alpha value is -0.940. The van der Waals surface area contributed by atoms with Crippen LogP contribution in [0.3, 0.4) is 0 Å². The first kappa shape index (κ1) is 12.1. The summed E-state index contributed by atoms with van der Waals surface area (Å²) in [7, 11) is -3.05. The molecule has 1 heterocycles. The number of hydrogen-bond acceptors (Lipinski definition) is 6. The number of hydrogen-bond donors (Lipinski definition) is 2. The van der Waals surface area contributed by atoms with E-state index in [2.05, 4.69) is 14.8 Å². The normalized spacial score (nSPS) is 27.5. The second kappa shape index (κ2) is 4.72. The summed E-state index contributed by atoms with van der Waals surface area (Å²) >= 11 is 0. The molecule has 1 aliphatic rings. The lowest BCUT2D eigenvalue weighted by Gasteiger charge is -2.17. The summed E-state index contributed by atoms with van der Waals surface area (Å²) in [5.74, 6) is 2.06. The van der Waals surface area contributed by atoms with E-state index in [9.17, 15) is 4.79 Å². The second-order valence-electron chi connectivity index (χ2n) is 2.97. The highest BCUT2D eigenvalue weighted by Gasteiger charge is 2.35. The first-order chi connectivity index (χ1) is 6.93. The quantitative estimate of drug-likeness (QED) is 0.554. The Morgan fingerprint density at radius 1 is 1.73 bits per heavy atom. The zero-order valence-electron chi connectivity index (χ0n) is 8.08. The summed E-state index contributed by atoms with van der Waals surface area (Å²) in [5, 5.41) is 0. The van der Waals surface area contributed by atoms with E-state index in [1.54, 1.807) is 0 Å². The van der Waals surface area contributed by atoms with Gasteiger partial charge in [0, 0.05) is 0 Å². The topological polar surface area (TPSA) is 85.2 Å². The Morgan fingerprint density at radius 3 is 2.87 bits per heavy atom. The molecule has 0 bridgehead atoms. The maximum Gasteiger partial charge on any atom is 0.509 e. The average Bonchev–Trinajstić information content (AvgIpc) is 2.44. The Labute approximate surface area is 89.1 Å². The number of rotatable bonds is 2. The van der Waals surface area contributed by atoms with Crippen LogP contribution in [0.2, 0.25) is 0 Å². The third-order valence-electron chi connectivity index (χ3n) is 1.62. The summed E-state index contributed by atoms with van der Waals surface area (Å²) in [4.78, 5) is 11.0. The number of terminal acetylenes is 1. The van der Waals surface area contributed by atoms with Gasteiger partial charge in [0.1, 0.15) is 12.7 Å². The number of carbonyl (C=O) groups is 1. The summed E-state index contributed by atoms with van der Waals surface area (Å²) in [5.41, 5.74) is 0. The molecule has 7 heteroatoms. The van der Waals surface area contributed by atoms with E-state index in [0.29, 0.717) is 0 Å². The zero-order chi connectivity index (χ0) is 11.5. The van der Waals surface area contributed by atoms with Crippen molar-refractivity contribution in [2.45, 2.75) is 19.1 Å². The molecule has 1 rings (SSSR count). The molecule has 0 spiro atoms. The molecule has 15 heavy (non-hydrogen) atoms. The standard InChI is InChI=1S/C8H12O6S/c1-3-6(2)13-8(9)14-7-4-12-15(10,11)5-7/h1,6-7,10-11H,4-5H2,2H3. The molecule has 1 aliphatic heterocycles.